The normalized spacial score (nSPS) is 16.7. The number of nitrogens with one attached hydrogen (secondary N) is 1. The van der Waals surface area contributed by atoms with Gasteiger partial charge in [0, 0.05) is 12.1 Å². The Labute approximate surface area is 128 Å². The predicted octanol–water partition coefficient (Wildman–Crippen LogP) is 3.11. The topological polar surface area (TPSA) is 89.3 Å². The third-order valence-corrected chi connectivity index (χ3v) is 5.39. The van der Waals surface area contributed by atoms with Crippen LogP contribution in [0, 0.1) is 16.0 Å². The molecule has 0 heterocycles. The van der Waals surface area contributed by atoms with Crippen molar-refractivity contribution >= 4 is 27.3 Å². The molecule has 0 amide bonds. The van der Waals surface area contributed by atoms with E-state index in [2.05, 4.69) is 4.72 Å². The summed E-state index contributed by atoms with van der Waals surface area (Å²) < 4.78 is 27.2. The van der Waals surface area contributed by atoms with Crippen LogP contribution in [0.5, 0.6) is 0 Å². The molecule has 0 saturated heterocycles. The molecule has 1 aromatic rings. The van der Waals surface area contributed by atoms with Gasteiger partial charge in [-0.1, -0.05) is 31.4 Å². The van der Waals surface area contributed by atoms with Gasteiger partial charge in [-0.25, -0.2) is 13.1 Å². The van der Waals surface area contributed by atoms with E-state index in [0.717, 1.165) is 25.3 Å². The van der Waals surface area contributed by atoms with E-state index < -0.39 is 20.6 Å². The lowest BCUT2D eigenvalue weighted by atomic mass is 10.1. The van der Waals surface area contributed by atoms with Crippen molar-refractivity contribution in [3.05, 3.63) is 33.3 Å². The van der Waals surface area contributed by atoms with Gasteiger partial charge < -0.3 is 0 Å². The van der Waals surface area contributed by atoms with Gasteiger partial charge in [-0.15, -0.1) is 0 Å². The molecule has 1 N–H and O–H groups in total. The Morgan fingerprint density at radius 1 is 1.48 bits per heavy atom. The van der Waals surface area contributed by atoms with E-state index in [1.54, 1.807) is 0 Å². The Balaban J connectivity index is 2.21. The molecule has 2 rings (SSSR count). The molecular weight excluding hydrogens is 316 g/mol. The summed E-state index contributed by atoms with van der Waals surface area (Å²) in [5.74, 6) is 0.595. The number of rotatable bonds is 7. The number of nitrogens with zero attached hydrogens (tertiary/aromatic N) is 1. The second kappa shape index (κ2) is 6.29. The van der Waals surface area contributed by atoms with Crippen LogP contribution >= 0.6 is 11.6 Å². The molecule has 6 nitrogen and oxygen atoms in total. The molecule has 0 aliphatic heterocycles. The van der Waals surface area contributed by atoms with Crippen molar-refractivity contribution in [3.8, 4) is 0 Å². The molecule has 8 heteroatoms. The van der Waals surface area contributed by atoms with E-state index in [0.29, 0.717) is 12.3 Å². The van der Waals surface area contributed by atoms with Crippen molar-refractivity contribution in [1.29, 1.82) is 0 Å². The summed E-state index contributed by atoms with van der Waals surface area (Å²) in [6.45, 7) is 1.92. The average Bonchev–Trinajstić information content (AvgIpc) is 3.21. The Morgan fingerprint density at radius 2 is 2.14 bits per heavy atom. The molecule has 1 atom stereocenters. The van der Waals surface area contributed by atoms with Crippen LogP contribution in [-0.4, -0.2) is 19.4 Å². The Morgan fingerprint density at radius 3 is 2.67 bits per heavy atom. The maximum Gasteiger partial charge on any atom is 0.289 e. The Bertz CT molecular complexity index is 644. The van der Waals surface area contributed by atoms with E-state index >= 15 is 0 Å². The highest BCUT2D eigenvalue weighted by Crippen LogP contribution is 2.34. The van der Waals surface area contributed by atoms with Gasteiger partial charge in [0.15, 0.2) is 0 Å². The molecule has 1 fully saturated rings. The molecule has 1 aliphatic carbocycles. The third-order valence-electron chi connectivity index (χ3n) is 3.55. The highest BCUT2D eigenvalue weighted by Gasteiger charge is 2.28. The van der Waals surface area contributed by atoms with E-state index in [1.165, 1.54) is 12.1 Å². The van der Waals surface area contributed by atoms with Crippen molar-refractivity contribution in [2.75, 3.05) is 0 Å². The van der Waals surface area contributed by atoms with Crippen LogP contribution in [0.2, 0.25) is 5.02 Å². The minimum absolute atomic E-state index is 0.0797. The maximum atomic E-state index is 12.3. The fraction of sp³-hybridized carbons (Fsp3) is 0.538. The van der Waals surface area contributed by atoms with Gasteiger partial charge in [0.25, 0.3) is 5.69 Å². The summed E-state index contributed by atoms with van der Waals surface area (Å²) in [6, 6.07) is 3.36. The van der Waals surface area contributed by atoms with Crippen LogP contribution < -0.4 is 4.72 Å². The maximum absolute atomic E-state index is 12.3. The molecule has 1 unspecified atom stereocenters. The minimum atomic E-state index is -3.78. The zero-order chi connectivity index (χ0) is 15.6. The van der Waals surface area contributed by atoms with Crippen molar-refractivity contribution < 1.29 is 13.3 Å². The summed E-state index contributed by atoms with van der Waals surface area (Å²) in [6.07, 6.45) is 3.78. The number of hydrogen-bond acceptors (Lipinski definition) is 4. The van der Waals surface area contributed by atoms with Crippen molar-refractivity contribution in [3.63, 3.8) is 0 Å². The lowest BCUT2D eigenvalue weighted by Crippen LogP contribution is -2.34. The molecule has 0 aromatic heterocycles. The second-order valence-corrected chi connectivity index (χ2v) is 7.40. The Hall–Kier alpha value is -1.18. The first-order valence-electron chi connectivity index (χ1n) is 6.79. The zero-order valence-electron chi connectivity index (χ0n) is 11.6. The van der Waals surface area contributed by atoms with Crippen molar-refractivity contribution in [2.45, 2.75) is 43.5 Å². The van der Waals surface area contributed by atoms with Gasteiger partial charge in [-0.3, -0.25) is 10.1 Å². The summed E-state index contributed by atoms with van der Waals surface area (Å²) >= 11 is 5.69. The monoisotopic (exact) mass is 332 g/mol. The number of hydrogen-bond donors (Lipinski definition) is 1. The lowest BCUT2D eigenvalue weighted by Gasteiger charge is -2.16. The SMILES string of the molecule is CCC(CC1CC1)NS(=O)(=O)c1ccc(Cl)c([N+](=O)[O-])c1. The summed E-state index contributed by atoms with van der Waals surface area (Å²) in [5, 5.41) is 10.8. The highest BCUT2D eigenvalue weighted by atomic mass is 35.5. The zero-order valence-corrected chi connectivity index (χ0v) is 13.2. The van der Waals surface area contributed by atoms with Gasteiger partial charge in [-0.05, 0) is 30.9 Å². The van der Waals surface area contributed by atoms with Crippen LogP contribution in [0.15, 0.2) is 23.1 Å². The first kappa shape index (κ1) is 16.2. The number of nitro benzene ring substituents is 1. The summed E-state index contributed by atoms with van der Waals surface area (Å²) in [4.78, 5) is 10.0. The number of halogens is 1. The lowest BCUT2D eigenvalue weighted by molar-refractivity contribution is -0.384. The van der Waals surface area contributed by atoms with E-state index in [-0.39, 0.29) is 16.0 Å². The van der Waals surface area contributed by atoms with Gasteiger partial charge in [0.05, 0.1) is 9.82 Å². The third kappa shape index (κ3) is 4.15. The minimum Gasteiger partial charge on any atom is -0.258 e. The quantitative estimate of drug-likeness (QED) is 0.613. The molecule has 1 aromatic carbocycles. The van der Waals surface area contributed by atoms with Crippen LogP contribution in [0.1, 0.15) is 32.6 Å². The average molecular weight is 333 g/mol. The van der Waals surface area contributed by atoms with E-state index in [9.17, 15) is 18.5 Å². The molecule has 0 bridgehead atoms. The standard InChI is InChI=1S/C13H17ClN2O4S/c1-2-10(7-9-3-4-9)15-21(19,20)11-5-6-12(14)13(8-11)16(17)18/h5-6,8-10,15H,2-4,7H2,1H3. The number of sulfonamides is 1. The molecule has 21 heavy (non-hydrogen) atoms. The highest BCUT2D eigenvalue weighted by molar-refractivity contribution is 7.89. The fourth-order valence-electron chi connectivity index (χ4n) is 2.14. The van der Waals surface area contributed by atoms with Crippen LogP contribution in [0.3, 0.4) is 0 Å². The van der Waals surface area contributed by atoms with Crippen LogP contribution in [0.4, 0.5) is 5.69 Å². The molecule has 116 valence electrons. The first-order valence-corrected chi connectivity index (χ1v) is 8.66. The van der Waals surface area contributed by atoms with Crippen LogP contribution in [-0.2, 0) is 10.0 Å². The van der Waals surface area contributed by atoms with E-state index in [4.69, 9.17) is 11.6 Å². The van der Waals surface area contributed by atoms with Crippen LogP contribution in [0.25, 0.3) is 0 Å². The number of nitro groups is 1. The van der Waals surface area contributed by atoms with Gasteiger partial charge in [-0.2, -0.15) is 0 Å². The molecule has 1 aliphatic rings. The predicted molar refractivity (Wildman–Crippen MR) is 79.8 cm³/mol. The van der Waals surface area contributed by atoms with Gasteiger partial charge >= 0.3 is 0 Å². The fourth-order valence-corrected chi connectivity index (χ4v) is 3.68. The van der Waals surface area contributed by atoms with Gasteiger partial charge in [0.1, 0.15) is 5.02 Å². The molecule has 1 saturated carbocycles. The van der Waals surface area contributed by atoms with Crippen molar-refractivity contribution in [2.24, 2.45) is 5.92 Å². The Kier molecular flexibility index (Phi) is 4.85. The summed E-state index contributed by atoms with van der Waals surface area (Å²) in [7, 11) is -3.78. The molecule has 0 radical (unpaired) electrons. The molecule has 0 spiro atoms. The largest absolute Gasteiger partial charge is 0.289 e. The van der Waals surface area contributed by atoms with E-state index in [1.807, 2.05) is 6.92 Å². The van der Waals surface area contributed by atoms with Gasteiger partial charge in [0.2, 0.25) is 10.0 Å². The van der Waals surface area contributed by atoms with Crippen molar-refractivity contribution in [1.82, 2.24) is 4.72 Å². The second-order valence-electron chi connectivity index (χ2n) is 5.28. The first-order chi connectivity index (χ1) is 9.83. The smallest absolute Gasteiger partial charge is 0.258 e. The number of benzene rings is 1. The molecular formula is C13H17ClN2O4S. The summed E-state index contributed by atoms with van der Waals surface area (Å²) in [5.41, 5.74) is -0.408.